The van der Waals surface area contributed by atoms with Crippen LogP contribution in [0, 0.1) is 12.7 Å². The first-order valence-corrected chi connectivity index (χ1v) is 6.44. The molecule has 0 spiro atoms. The van der Waals surface area contributed by atoms with Crippen molar-refractivity contribution in [1.29, 1.82) is 0 Å². The minimum absolute atomic E-state index is 0.0666. The van der Waals surface area contributed by atoms with Gasteiger partial charge in [0.05, 0.1) is 5.69 Å². The zero-order valence-electron chi connectivity index (χ0n) is 11.9. The molecule has 0 radical (unpaired) electrons. The number of anilines is 1. The van der Waals surface area contributed by atoms with E-state index in [9.17, 15) is 9.18 Å². The van der Waals surface area contributed by atoms with E-state index in [2.05, 4.69) is 20.6 Å². The molecule has 112 valence electrons. The van der Waals surface area contributed by atoms with Gasteiger partial charge in [0.15, 0.2) is 0 Å². The van der Waals surface area contributed by atoms with Crippen LogP contribution in [0.3, 0.4) is 0 Å². The zero-order valence-corrected chi connectivity index (χ0v) is 11.9. The van der Waals surface area contributed by atoms with Gasteiger partial charge in [-0.1, -0.05) is 11.2 Å². The lowest BCUT2D eigenvalue weighted by molar-refractivity contribution is 0.101. The van der Waals surface area contributed by atoms with Crippen LogP contribution in [-0.2, 0) is 7.05 Å². The van der Waals surface area contributed by atoms with Gasteiger partial charge in [0, 0.05) is 12.6 Å². The minimum Gasteiger partial charge on any atom is -0.403 e. The maximum atomic E-state index is 13.2. The number of aryl methyl sites for hydroxylation is 2. The number of hydrogen-bond donors (Lipinski definition) is 1. The predicted molar refractivity (Wildman–Crippen MR) is 75.6 cm³/mol. The summed E-state index contributed by atoms with van der Waals surface area (Å²) in [4.78, 5) is 12.1. The molecule has 7 nitrogen and oxygen atoms in total. The van der Waals surface area contributed by atoms with E-state index in [-0.39, 0.29) is 11.9 Å². The molecular weight excluding hydrogens is 289 g/mol. The number of rotatable bonds is 3. The number of nitrogens with zero attached hydrogens (tertiary/aromatic N) is 4. The molecule has 8 heteroatoms. The van der Waals surface area contributed by atoms with E-state index in [0.717, 1.165) is 5.69 Å². The molecule has 1 amide bonds. The Bertz CT molecular complexity index is 839. The lowest BCUT2D eigenvalue weighted by Crippen LogP contribution is -2.16. The van der Waals surface area contributed by atoms with E-state index in [1.807, 2.05) is 0 Å². The molecule has 2 aromatic heterocycles. The molecule has 2 heterocycles. The third-order valence-corrected chi connectivity index (χ3v) is 2.95. The van der Waals surface area contributed by atoms with Crippen molar-refractivity contribution >= 4 is 11.9 Å². The van der Waals surface area contributed by atoms with Crippen molar-refractivity contribution in [3.8, 4) is 11.5 Å². The molecule has 3 rings (SSSR count). The normalized spacial score (nSPS) is 10.7. The second kappa shape index (κ2) is 5.40. The Kier molecular flexibility index (Phi) is 3.42. The Labute approximate surface area is 124 Å². The summed E-state index contributed by atoms with van der Waals surface area (Å²) in [5.74, 6) is -0.708. The highest BCUT2D eigenvalue weighted by Gasteiger charge is 2.16. The Morgan fingerprint density at radius 2 is 2.14 bits per heavy atom. The number of halogens is 1. The maximum absolute atomic E-state index is 13.2. The summed E-state index contributed by atoms with van der Waals surface area (Å²) in [6.07, 6.45) is 0. The highest BCUT2D eigenvalue weighted by Crippen LogP contribution is 2.20. The van der Waals surface area contributed by atoms with Gasteiger partial charge in [0.1, 0.15) is 11.5 Å². The van der Waals surface area contributed by atoms with E-state index >= 15 is 0 Å². The second-order valence-corrected chi connectivity index (χ2v) is 4.67. The van der Waals surface area contributed by atoms with Crippen molar-refractivity contribution in [3.05, 3.63) is 47.5 Å². The Hall–Kier alpha value is -3.03. The third kappa shape index (κ3) is 2.71. The van der Waals surface area contributed by atoms with Crippen molar-refractivity contribution in [2.24, 2.45) is 7.05 Å². The first kappa shape index (κ1) is 13.9. The molecule has 1 N–H and O–H groups in total. The lowest BCUT2D eigenvalue weighted by Gasteiger charge is -2.00. The van der Waals surface area contributed by atoms with Crippen LogP contribution in [0.5, 0.6) is 0 Å². The second-order valence-electron chi connectivity index (χ2n) is 4.67. The van der Waals surface area contributed by atoms with Crippen molar-refractivity contribution < 1.29 is 13.6 Å². The molecule has 0 aliphatic rings. The number of nitrogens with one attached hydrogen (secondary N) is 1. The standard InChI is InChI=1S/C14H12FN5O2/c1-8-6-11(20(2)19-8)12(21)16-14-18-17-13(22-14)9-4-3-5-10(15)7-9/h3-7H,1-2H3,(H,16,18,21). The number of aromatic nitrogens is 4. The molecule has 0 aliphatic carbocycles. The number of benzene rings is 1. The summed E-state index contributed by atoms with van der Waals surface area (Å²) < 4.78 is 19.9. The molecule has 0 unspecified atom stereocenters. The Balaban J connectivity index is 1.80. The van der Waals surface area contributed by atoms with Crippen LogP contribution in [0.25, 0.3) is 11.5 Å². The number of amides is 1. The van der Waals surface area contributed by atoms with E-state index in [4.69, 9.17) is 4.42 Å². The van der Waals surface area contributed by atoms with Crippen LogP contribution in [0.2, 0.25) is 0 Å². The predicted octanol–water partition coefficient (Wildman–Crippen LogP) is 2.17. The molecule has 22 heavy (non-hydrogen) atoms. The molecule has 0 aliphatic heterocycles. The van der Waals surface area contributed by atoms with Gasteiger partial charge in [-0.2, -0.15) is 5.10 Å². The summed E-state index contributed by atoms with van der Waals surface area (Å²) in [6.45, 7) is 1.78. The Morgan fingerprint density at radius 1 is 1.32 bits per heavy atom. The number of carbonyl (C=O) groups excluding carboxylic acids is 1. The van der Waals surface area contributed by atoms with Gasteiger partial charge in [0.25, 0.3) is 5.91 Å². The van der Waals surface area contributed by atoms with Crippen LogP contribution < -0.4 is 5.32 Å². The van der Waals surface area contributed by atoms with Crippen molar-refractivity contribution in [2.45, 2.75) is 6.92 Å². The molecule has 0 fully saturated rings. The van der Waals surface area contributed by atoms with Crippen LogP contribution >= 0.6 is 0 Å². The van der Waals surface area contributed by atoms with Gasteiger partial charge in [-0.25, -0.2) is 4.39 Å². The smallest absolute Gasteiger partial charge is 0.322 e. The highest BCUT2D eigenvalue weighted by molar-refractivity contribution is 6.01. The molecular formula is C14H12FN5O2. The molecule has 0 saturated carbocycles. The monoisotopic (exact) mass is 301 g/mol. The fourth-order valence-corrected chi connectivity index (χ4v) is 2.00. The molecule has 1 aromatic carbocycles. The topological polar surface area (TPSA) is 85.8 Å². The van der Waals surface area contributed by atoms with Gasteiger partial charge in [-0.05, 0) is 31.2 Å². The minimum atomic E-state index is -0.419. The van der Waals surface area contributed by atoms with Gasteiger partial charge in [-0.15, -0.1) is 5.10 Å². The number of carbonyl (C=O) groups is 1. The SMILES string of the molecule is Cc1cc(C(=O)Nc2nnc(-c3cccc(F)c3)o2)n(C)n1. The van der Waals surface area contributed by atoms with Gasteiger partial charge in [0.2, 0.25) is 5.89 Å². The zero-order chi connectivity index (χ0) is 15.7. The van der Waals surface area contributed by atoms with Crippen LogP contribution in [0.15, 0.2) is 34.7 Å². The highest BCUT2D eigenvalue weighted by atomic mass is 19.1. The van der Waals surface area contributed by atoms with Crippen molar-refractivity contribution in [2.75, 3.05) is 5.32 Å². The van der Waals surface area contributed by atoms with E-state index in [1.54, 1.807) is 26.1 Å². The fraction of sp³-hybridized carbons (Fsp3) is 0.143. The average Bonchev–Trinajstić information content (AvgIpc) is 3.05. The summed E-state index contributed by atoms with van der Waals surface area (Å²) in [7, 11) is 1.66. The third-order valence-electron chi connectivity index (χ3n) is 2.95. The van der Waals surface area contributed by atoms with Gasteiger partial charge >= 0.3 is 6.01 Å². The van der Waals surface area contributed by atoms with E-state index in [0.29, 0.717) is 11.3 Å². The summed E-state index contributed by atoms with van der Waals surface area (Å²) in [5, 5.41) is 14.1. The summed E-state index contributed by atoms with van der Waals surface area (Å²) >= 11 is 0. The molecule has 0 bridgehead atoms. The summed E-state index contributed by atoms with van der Waals surface area (Å²) in [5.41, 5.74) is 1.52. The van der Waals surface area contributed by atoms with E-state index in [1.165, 1.54) is 22.9 Å². The van der Waals surface area contributed by atoms with Crippen molar-refractivity contribution in [3.63, 3.8) is 0 Å². The Morgan fingerprint density at radius 3 is 2.82 bits per heavy atom. The quantitative estimate of drug-likeness (QED) is 0.801. The van der Waals surface area contributed by atoms with Crippen LogP contribution in [0.4, 0.5) is 10.4 Å². The lowest BCUT2D eigenvalue weighted by atomic mass is 10.2. The molecule has 3 aromatic rings. The first-order valence-electron chi connectivity index (χ1n) is 6.44. The summed E-state index contributed by atoms with van der Waals surface area (Å²) in [6, 6.07) is 7.32. The largest absolute Gasteiger partial charge is 0.403 e. The van der Waals surface area contributed by atoms with Gasteiger partial charge in [-0.3, -0.25) is 14.8 Å². The van der Waals surface area contributed by atoms with Crippen molar-refractivity contribution in [1.82, 2.24) is 20.0 Å². The number of hydrogen-bond acceptors (Lipinski definition) is 5. The van der Waals surface area contributed by atoms with Gasteiger partial charge < -0.3 is 4.42 Å². The van der Waals surface area contributed by atoms with Crippen LogP contribution in [0.1, 0.15) is 16.2 Å². The first-order chi connectivity index (χ1) is 10.5. The van der Waals surface area contributed by atoms with E-state index < -0.39 is 11.7 Å². The van der Waals surface area contributed by atoms with Crippen LogP contribution in [-0.4, -0.2) is 25.9 Å². The molecule has 0 atom stereocenters. The maximum Gasteiger partial charge on any atom is 0.322 e. The molecule has 0 saturated heterocycles. The average molecular weight is 301 g/mol. The fourth-order valence-electron chi connectivity index (χ4n) is 2.00.